The largest absolute Gasteiger partial charge is 0.232 e. The number of hydrogen-bond donors (Lipinski definition) is 0. The van der Waals surface area contributed by atoms with Crippen LogP contribution >= 0.6 is 0 Å². The van der Waals surface area contributed by atoms with E-state index in [1.165, 1.54) is 0 Å². The fourth-order valence-corrected chi connectivity index (χ4v) is 7.54. The third-order valence-corrected chi connectivity index (χ3v) is 10.2. The average Bonchev–Trinajstić information content (AvgIpc) is 3.69. The number of nitrogens with zero attached hydrogens (tertiary/aromatic N) is 4. The Bertz CT molecular complexity index is 2940. The minimum Gasteiger partial charge on any atom is -0.232 e. The van der Waals surface area contributed by atoms with Gasteiger partial charge in [0, 0.05) is 33.0 Å². The van der Waals surface area contributed by atoms with Crippen LogP contribution in [0, 0.1) is 0 Å². The summed E-state index contributed by atoms with van der Waals surface area (Å²) in [6.07, 6.45) is 0. The third-order valence-electron chi connectivity index (χ3n) is 10.2. The van der Waals surface area contributed by atoms with Gasteiger partial charge in [0.2, 0.25) is 0 Å². The summed E-state index contributed by atoms with van der Waals surface area (Å²) in [6, 6.07) is 72.0. The van der Waals surface area contributed by atoms with Gasteiger partial charge in [0.15, 0.2) is 5.82 Å². The smallest absolute Gasteiger partial charge is 0.160 e. The fraction of sp³-hybridized carbons (Fsp3) is 0. The van der Waals surface area contributed by atoms with Crippen LogP contribution in [-0.4, -0.2) is 19.7 Å². The molecule has 55 heavy (non-hydrogen) atoms. The number of fused-ring (bicyclic) bond motifs is 3. The van der Waals surface area contributed by atoms with Crippen LogP contribution in [0.1, 0.15) is 0 Å². The van der Waals surface area contributed by atoms with Crippen LogP contribution in [0.25, 0.3) is 94.8 Å². The summed E-state index contributed by atoms with van der Waals surface area (Å²) in [5.41, 5.74) is 13.5. The second-order valence-corrected chi connectivity index (χ2v) is 13.7. The first-order valence-corrected chi connectivity index (χ1v) is 18.5. The van der Waals surface area contributed by atoms with Crippen molar-refractivity contribution >= 4 is 21.7 Å². The maximum Gasteiger partial charge on any atom is 0.160 e. The Hall–Kier alpha value is -7.43. The van der Waals surface area contributed by atoms with Gasteiger partial charge in [-0.05, 0) is 58.0 Å². The van der Waals surface area contributed by atoms with E-state index in [2.05, 4.69) is 193 Å². The van der Waals surface area contributed by atoms with Crippen molar-refractivity contribution in [2.45, 2.75) is 0 Å². The molecule has 10 aromatic rings. The van der Waals surface area contributed by atoms with Gasteiger partial charge in [0.1, 0.15) is 5.69 Å². The van der Waals surface area contributed by atoms with Crippen LogP contribution < -0.4 is 0 Å². The quantitative estimate of drug-likeness (QED) is 0.166. The third kappa shape index (κ3) is 6.06. The number of benzene rings is 8. The van der Waals surface area contributed by atoms with Crippen LogP contribution in [-0.2, 0) is 0 Å². The van der Waals surface area contributed by atoms with Gasteiger partial charge in [0.05, 0.1) is 22.6 Å². The van der Waals surface area contributed by atoms with E-state index in [1.807, 2.05) is 18.2 Å². The van der Waals surface area contributed by atoms with Gasteiger partial charge in [-0.15, -0.1) is 0 Å². The van der Waals surface area contributed by atoms with E-state index in [0.717, 1.165) is 89.0 Å². The van der Waals surface area contributed by atoms with E-state index in [4.69, 9.17) is 15.1 Å². The second-order valence-electron chi connectivity index (χ2n) is 13.7. The Morgan fingerprint density at radius 1 is 0.364 bits per heavy atom. The van der Waals surface area contributed by atoms with Crippen molar-refractivity contribution in [2.75, 3.05) is 0 Å². The highest BCUT2D eigenvalue weighted by atomic mass is 15.3. The van der Waals surface area contributed by atoms with Crippen LogP contribution in [0.15, 0.2) is 206 Å². The van der Waals surface area contributed by atoms with Crippen LogP contribution in [0.5, 0.6) is 0 Å². The molecule has 0 spiro atoms. The standard InChI is InChI=1S/C51H34N4/c1-5-16-35(17-6-1)40-23-15-24-42(32-40)51-52-46(37-18-7-2-8-19-37)34-47(53-51)38-30-28-36(29-31-38)45-33-41-22-13-14-27-44(41)50-48(45)49(39-20-9-3-10-21-39)54-55(50)43-25-11-4-12-26-43/h1-34H. The molecule has 10 rings (SSSR count). The van der Waals surface area contributed by atoms with Crippen molar-refractivity contribution in [1.29, 1.82) is 0 Å². The lowest BCUT2D eigenvalue weighted by molar-refractivity contribution is 0.918. The Kier molecular flexibility index (Phi) is 8.12. The minimum absolute atomic E-state index is 0.690. The average molecular weight is 703 g/mol. The van der Waals surface area contributed by atoms with Crippen LogP contribution in [0.4, 0.5) is 0 Å². The molecule has 2 aromatic heterocycles. The SMILES string of the molecule is c1ccc(-c2cccc(-c3nc(-c4ccccc4)cc(-c4ccc(-c5cc6ccccc6c6c5c(-c5ccccc5)nn6-c5ccccc5)cc4)n3)c2)cc1. The predicted molar refractivity (Wildman–Crippen MR) is 227 cm³/mol. The Morgan fingerprint density at radius 3 is 1.58 bits per heavy atom. The molecule has 2 heterocycles. The van der Waals surface area contributed by atoms with E-state index in [0.29, 0.717) is 5.82 Å². The molecule has 0 N–H and O–H groups in total. The molecule has 0 fully saturated rings. The highest BCUT2D eigenvalue weighted by molar-refractivity contribution is 6.17. The first kappa shape index (κ1) is 32.2. The monoisotopic (exact) mass is 702 g/mol. The van der Waals surface area contributed by atoms with Crippen LogP contribution in [0.3, 0.4) is 0 Å². The molecule has 4 heteroatoms. The van der Waals surface area contributed by atoms with Gasteiger partial charge in [-0.1, -0.05) is 176 Å². The van der Waals surface area contributed by atoms with Gasteiger partial charge in [-0.2, -0.15) is 5.10 Å². The normalized spacial score (nSPS) is 11.3. The highest BCUT2D eigenvalue weighted by Crippen LogP contribution is 2.42. The molecule has 0 bridgehead atoms. The van der Waals surface area contributed by atoms with Crippen molar-refractivity contribution < 1.29 is 0 Å². The van der Waals surface area contributed by atoms with E-state index in [9.17, 15) is 0 Å². The molecule has 0 aliphatic rings. The first-order chi connectivity index (χ1) is 27.3. The number of aromatic nitrogens is 4. The number of para-hydroxylation sites is 1. The Morgan fingerprint density at radius 2 is 0.891 bits per heavy atom. The van der Waals surface area contributed by atoms with Gasteiger partial charge in [-0.3, -0.25) is 0 Å². The summed E-state index contributed by atoms with van der Waals surface area (Å²) in [5.74, 6) is 0.690. The highest BCUT2D eigenvalue weighted by Gasteiger charge is 2.21. The van der Waals surface area contributed by atoms with E-state index >= 15 is 0 Å². The predicted octanol–water partition coefficient (Wildman–Crippen LogP) is 13.0. The number of hydrogen-bond acceptors (Lipinski definition) is 3. The summed E-state index contributed by atoms with van der Waals surface area (Å²) in [7, 11) is 0. The zero-order valence-electron chi connectivity index (χ0n) is 29.9. The molecule has 0 radical (unpaired) electrons. The first-order valence-electron chi connectivity index (χ1n) is 18.5. The van der Waals surface area contributed by atoms with Crippen molar-refractivity contribution in [1.82, 2.24) is 19.7 Å². The summed E-state index contributed by atoms with van der Waals surface area (Å²) < 4.78 is 2.11. The van der Waals surface area contributed by atoms with Crippen molar-refractivity contribution in [3.8, 4) is 73.1 Å². The molecular weight excluding hydrogens is 669 g/mol. The molecule has 8 aromatic carbocycles. The molecule has 0 saturated heterocycles. The van der Waals surface area contributed by atoms with E-state index in [1.54, 1.807) is 0 Å². The molecule has 0 atom stereocenters. The van der Waals surface area contributed by atoms with Crippen molar-refractivity contribution in [3.05, 3.63) is 206 Å². The van der Waals surface area contributed by atoms with Crippen molar-refractivity contribution in [3.63, 3.8) is 0 Å². The summed E-state index contributed by atoms with van der Waals surface area (Å²) in [6.45, 7) is 0. The Balaban J connectivity index is 1.14. The lowest BCUT2D eigenvalue weighted by Crippen LogP contribution is -1.97. The molecule has 0 aliphatic carbocycles. The molecule has 0 saturated carbocycles. The van der Waals surface area contributed by atoms with Gasteiger partial charge < -0.3 is 0 Å². The molecule has 258 valence electrons. The molecule has 4 nitrogen and oxygen atoms in total. The molecule has 0 unspecified atom stereocenters. The zero-order chi connectivity index (χ0) is 36.6. The van der Waals surface area contributed by atoms with Gasteiger partial charge in [0.25, 0.3) is 0 Å². The maximum absolute atomic E-state index is 5.33. The molecule has 0 aliphatic heterocycles. The molecular formula is C51H34N4. The van der Waals surface area contributed by atoms with Gasteiger partial charge >= 0.3 is 0 Å². The van der Waals surface area contributed by atoms with Crippen molar-refractivity contribution in [2.24, 2.45) is 0 Å². The van der Waals surface area contributed by atoms with E-state index < -0.39 is 0 Å². The minimum atomic E-state index is 0.690. The lowest BCUT2D eigenvalue weighted by atomic mass is 9.93. The molecule has 0 amide bonds. The van der Waals surface area contributed by atoms with Crippen LogP contribution in [0.2, 0.25) is 0 Å². The summed E-state index contributed by atoms with van der Waals surface area (Å²) in [4.78, 5) is 10.3. The zero-order valence-corrected chi connectivity index (χ0v) is 29.9. The van der Waals surface area contributed by atoms with E-state index in [-0.39, 0.29) is 0 Å². The number of rotatable bonds is 7. The topological polar surface area (TPSA) is 43.6 Å². The second kappa shape index (κ2) is 13.8. The maximum atomic E-state index is 5.33. The lowest BCUT2D eigenvalue weighted by Gasteiger charge is -2.13. The fourth-order valence-electron chi connectivity index (χ4n) is 7.54. The summed E-state index contributed by atoms with van der Waals surface area (Å²) >= 11 is 0. The Labute approximate surface area is 319 Å². The van der Waals surface area contributed by atoms with Gasteiger partial charge in [-0.25, -0.2) is 14.6 Å². The summed E-state index contributed by atoms with van der Waals surface area (Å²) in [5, 5.41) is 8.78.